The Morgan fingerprint density at radius 2 is 1.86 bits per heavy atom. The molecule has 0 radical (unpaired) electrons. The number of rotatable bonds is 2. The van der Waals surface area contributed by atoms with Crippen LogP contribution in [0, 0.1) is 6.92 Å². The Morgan fingerprint density at radius 1 is 1.03 bits per heavy atom. The van der Waals surface area contributed by atoms with Gasteiger partial charge in [0.05, 0.1) is 11.8 Å². The lowest BCUT2D eigenvalue weighted by Gasteiger charge is -2.28. The maximum Gasteiger partial charge on any atom is 0.336 e. The van der Waals surface area contributed by atoms with Crippen molar-refractivity contribution in [3.05, 3.63) is 94.1 Å². The molecule has 0 amide bonds. The molecule has 1 aliphatic heterocycles. The van der Waals surface area contributed by atoms with Crippen molar-refractivity contribution in [2.45, 2.75) is 19.3 Å². The summed E-state index contributed by atoms with van der Waals surface area (Å²) in [6.45, 7) is 1.94. The molecule has 0 aliphatic carbocycles. The molecule has 29 heavy (non-hydrogen) atoms. The van der Waals surface area contributed by atoms with E-state index < -0.39 is 5.63 Å². The van der Waals surface area contributed by atoms with Gasteiger partial charge >= 0.3 is 11.6 Å². The van der Waals surface area contributed by atoms with E-state index in [0.717, 1.165) is 22.3 Å². The minimum atomic E-state index is -0.443. The summed E-state index contributed by atoms with van der Waals surface area (Å²) >= 11 is 0. The van der Waals surface area contributed by atoms with Gasteiger partial charge in [0, 0.05) is 35.5 Å². The number of fused-ring (bicyclic) bond motifs is 3. The molecule has 0 fully saturated rings. The van der Waals surface area contributed by atoms with Crippen LogP contribution in [0.5, 0.6) is 5.75 Å². The standard InChI is InChI=1S/C24H17NO4/c1-14-10-19-23(17(11-20(26)28-19)15-6-3-2-4-7-15)24-22(14)18(12-21(27)29-24)16-8-5-9-25-13-16/h2-11,13,18H,12H2,1H3. The molecule has 5 rings (SSSR count). The van der Waals surface area contributed by atoms with E-state index in [-0.39, 0.29) is 18.3 Å². The van der Waals surface area contributed by atoms with Crippen LogP contribution in [-0.2, 0) is 4.79 Å². The number of nitrogens with zero attached hydrogens (tertiary/aromatic N) is 1. The van der Waals surface area contributed by atoms with Crippen LogP contribution in [0.15, 0.2) is 76.2 Å². The van der Waals surface area contributed by atoms with Crippen molar-refractivity contribution in [1.82, 2.24) is 4.98 Å². The zero-order chi connectivity index (χ0) is 20.0. The van der Waals surface area contributed by atoms with Gasteiger partial charge in [-0.3, -0.25) is 9.78 Å². The van der Waals surface area contributed by atoms with Crippen LogP contribution < -0.4 is 10.4 Å². The van der Waals surface area contributed by atoms with E-state index in [1.807, 2.05) is 55.5 Å². The fourth-order valence-electron chi connectivity index (χ4n) is 4.11. The Balaban J connectivity index is 1.87. The summed E-state index contributed by atoms with van der Waals surface area (Å²) in [5, 5.41) is 0.637. The summed E-state index contributed by atoms with van der Waals surface area (Å²) in [4.78, 5) is 29.0. The molecule has 5 heteroatoms. The molecule has 2 aromatic carbocycles. The Morgan fingerprint density at radius 3 is 2.62 bits per heavy atom. The monoisotopic (exact) mass is 383 g/mol. The van der Waals surface area contributed by atoms with Crippen molar-refractivity contribution in [3.8, 4) is 16.9 Å². The van der Waals surface area contributed by atoms with Crippen molar-refractivity contribution < 1.29 is 13.9 Å². The predicted molar refractivity (Wildman–Crippen MR) is 109 cm³/mol. The smallest absolute Gasteiger partial charge is 0.336 e. The van der Waals surface area contributed by atoms with Gasteiger partial charge in [0.2, 0.25) is 0 Å². The summed E-state index contributed by atoms with van der Waals surface area (Å²) in [5.41, 5.74) is 4.29. The first-order chi connectivity index (χ1) is 14.1. The van der Waals surface area contributed by atoms with E-state index in [4.69, 9.17) is 9.15 Å². The highest BCUT2D eigenvalue weighted by atomic mass is 16.5. The highest BCUT2D eigenvalue weighted by Gasteiger charge is 2.33. The average Bonchev–Trinajstić information content (AvgIpc) is 2.73. The van der Waals surface area contributed by atoms with Gasteiger partial charge in [-0.15, -0.1) is 0 Å². The second-order valence-corrected chi connectivity index (χ2v) is 7.17. The number of pyridine rings is 1. The molecule has 4 aromatic rings. The first kappa shape index (κ1) is 17.4. The number of aryl methyl sites for hydroxylation is 1. The highest BCUT2D eigenvalue weighted by Crippen LogP contribution is 2.46. The van der Waals surface area contributed by atoms with Gasteiger partial charge in [0.1, 0.15) is 11.3 Å². The minimum absolute atomic E-state index is 0.167. The molecule has 2 aromatic heterocycles. The van der Waals surface area contributed by atoms with Gasteiger partial charge in [0.15, 0.2) is 0 Å². The molecule has 1 atom stereocenters. The molecule has 0 bridgehead atoms. The zero-order valence-electron chi connectivity index (χ0n) is 15.7. The molecule has 0 saturated carbocycles. The van der Waals surface area contributed by atoms with Crippen molar-refractivity contribution >= 4 is 16.9 Å². The second-order valence-electron chi connectivity index (χ2n) is 7.17. The Hall–Kier alpha value is -3.73. The predicted octanol–water partition coefficient (Wildman–Crippen LogP) is 4.60. The molecule has 1 unspecified atom stereocenters. The number of hydrogen-bond donors (Lipinski definition) is 0. The largest absolute Gasteiger partial charge is 0.425 e. The molecular weight excluding hydrogens is 366 g/mol. The molecule has 0 saturated heterocycles. The molecule has 5 nitrogen and oxygen atoms in total. The summed E-state index contributed by atoms with van der Waals surface area (Å²) in [7, 11) is 0. The van der Waals surface area contributed by atoms with Gasteiger partial charge in [0.25, 0.3) is 0 Å². The molecule has 3 heterocycles. The summed E-state index contributed by atoms with van der Waals surface area (Å²) < 4.78 is 11.2. The fourth-order valence-corrected chi connectivity index (χ4v) is 4.11. The SMILES string of the molecule is Cc1cc2oc(=O)cc(-c3ccccc3)c2c2c1C(c1cccnc1)CC(=O)O2. The van der Waals surface area contributed by atoms with E-state index in [2.05, 4.69) is 4.98 Å². The molecule has 142 valence electrons. The van der Waals surface area contributed by atoms with E-state index in [9.17, 15) is 9.59 Å². The Kier molecular flexibility index (Phi) is 4.02. The van der Waals surface area contributed by atoms with E-state index in [1.165, 1.54) is 6.07 Å². The number of hydrogen-bond acceptors (Lipinski definition) is 5. The van der Waals surface area contributed by atoms with Gasteiger partial charge in [-0.2, -0.15) is 0 Å². The number of esters is 1. The maximum absolute atomic E-state index is 12.5. The lowest BCUT2D eigenvalue weighted by atomic mass is 9.83. The van der Waals surface area contributed by atoms with Gasteiger partial charge in [-0.25, -0.2) is 4.79 Å². The van der Waals surface area contributed by atoms with Crippen molar-refractivity contribution in [1.29, 1.82) is 0 Å². The number of carbonyl (C=O) groups is 1. The fraction of sp³-hybridized carbons (Fsp3) is 0.125. The third kappa shape index (κ3) is 2.91. The molecule has 1 aliphatic rings. The number of benzene rings is 2. The topological polar surface area (TPSA) is 69.4 Å². The van der Waals surface area contributed by atoms with E-state index in [1.54, 1.807) is 12.4 Å². The minimum Gasteiger partial charge on any atom is -0.425 e. The van der Waals surface area contributed by atoms with Gasteiger partial charge < -0.3 is 9.15 Å². The third-order valence-corrected chi connectivity index (χ3v) is 5.34. The lowest BCUT2D eigenvalue weighted by Crippen LogP contribution is -2.22. The molecular formula is C24H17NO4. The summed E-state index contributed by atoms with van der Waals surface area (Å²) in [5.74, 6) is -0.0175. The van der Waals surface area contributed by atoms with Crippen LogP contribution in [0.4, 0.5) is 0 Å². The van der Waals surface area contributed by atoms with Crippen molar-refractivity contribution in [2.24, 2.45) is 0 Å². The highest BCUT2D eigenvalue weighted by molar-refractivity contribution is 6.01. The van der Waals surface area contributed by atoms with Crippen LogP contribution in [0.1, 0.15) is 29.0 Å². The molecule has 0 spiro atoms. The van der Waals surface area contributed by atoms with Gasteiger partial charge in [-0.1, -0.05) is 36.4 Å². The second kappa shape index (κ2) is 6.71. The van der Waals surface area contributed by atoms with Crippen LogP contribution in [0.2, 0.25) is 0 Å². The molecule has 0 N–H and O–H groups in total. The van der Waals surface area contributed by atoms with Crippen LogP contribution in [0.25, 0.3) is 22.1 Å². The summed E-state index contributed by atoms with van der Waals surface area (Å²) in [6, 6.07) is 16.7. The first-order valence-electron chi connectivity index (χ1n) is 9.39. The number of ether oxygens (including phenoxy) is 1. The number of aromatic nitrogens is 1. The quantitative estimate of drug-likeness (QED) is 0.287. The number of carbonyl (C=O) groups excluding carboxylic acids is 1. The van der Waals surface area contributed by atoms with Crippen molar-refractivity contribution in [2.75, 3.05) is 0 Å². The van der Waals surface area contributed by atoms with E-state index >= 15 is 0 Å². The van der Waals surface area contributed by atoms with Crippen LogP contribution in [-0.4, -0.2) is 11.0 Å². The van der Waals surface area contributed by atoms with Crippen molar-refractivity contribution in [3.63, 3.8) is 0 Å². The van der Waals surface area contributed by atoms with Gasteiger partial charge in [-0.05, 0) is 35.7 Å². The summed E-state index contributed by atoms with van der Waals surface area (Å²) in [6.07, 6.45) is 3.73. The maximum atomic E-state index is 12.5. The van der Waals surface area contributed by atoms with Crippen LogP contribution >= 0.6 is 0 Å². The van der Waals surface area contributed by atoms with E-state index in [0.29, 0.717) is 22.3 Å². The first-order valence-corrected chi connectivity index (χ1v) is 9.39. The lowest BCUT2D eigenvalue weighted by molar-refractivity contribution is -0.135. The van der Waals surface area contributed by atoms with Crippen LogP contribution in [0.3, 0.4) is 0 Å². The third-order valence-electron chi connectivity index (χ3n) is 5.34. The average molecular weight is 383 g/mol. The Bertz CT molecular complexity index is 1290. The Labute approximate surface area is 166 Å². The normalized spacial score (nSPS) is 15.8. The zero-order valence-corrected chi connectivity index (χ0v) is 15.7.